The first kappa shape index (κ1) is 18.2. The van der Waals surface area contributed by atoms with Crippen molar-refractivity contribution in [2.75, 3.05) is 18.0 Å². The van der Waals surface area contributed by atoms with Gasteiger partial charge in [0.1, 0.15) is 6.33 Å². The van der Waals surface area contributed by atoms with Crippen molar-refractivity contribution in [3.05, 3.63) is 46.8 Å². The van der Waals surface area contributed by atoms with Crippen LogP contribution < -0.4 is 4.90 Å². The number of benzene rings is 1. The van der Waals surface area contributed by atoms with Crippen molar-refractivity contribution >= 4 is 23.3 Å². The molecule has 2 aromatic rings. The van der Waals surface area contributed by atoms with Gasteiger partial charge >= 0.3 is 5.69 Å². The minimum Gasteiger partial charge on any atom is -0.349 e. The maximum Gasteiger partial charge on any atom is 0.343 e. The van der Waals surface area contributed by atoms with Gasteiger partial charge in [0.25, 0.3) is 0 Å². The fourth-order valence-corrected chi connectivity index (χ4v) is 2.99. The average Bonchev–Trinajstić information content (AvgIpc) is 2.62. The zero-order valence-electron chi connectivity index (χ0n) is 13.2. The number of nitriles is 2. The summed E-state index contributed by atoms with van der Waals surface area (Å²) in [5.41, 5.74) is -0.216. The van der Waals surface area contributed by atoms with E-state index in [2.05, 4.69) is 9.97 Å². The van der Waals surface area contributed by atoms with E-state index in [1.807, 2.05) is 42.5 Å². The summed E-state index contributed by atoms with van der Waals surface area (Å²) in [6.07, 6.45) is 1.61. The summed E-state index contributed by atoms with van der Waals surface area (Å²) in [6.45, 7) is 0.511. The van der Waals surface area contributed by atoms with Crippen LogP contribution in [-0.4, -0.2) is 28.0 Å². The van der Waals surface area contributed by atoms with E-state index in [0.717, 1.165) is 4.90 Å². The molecule has 0 spiro atoms. The summed E-state index contributed by atoms with van der Waals surface area (Å²) in [4.78, 5) is 21.6. The Morgan fingerprint density at radius 2 is 1.76 bits per heavy atom. The lowest BCUT2D eigenvalue weighted by atomic mass is 10.3. The lowest BCUT2D eigenvalue weighted by molar-refractivity contribution is -0.387. The molecule has 0 aliphatic rings. The molecule has 0 radical (unpaired) electrons. The summed E-state index contributed by atoms with van der Waals surface area (Å²) in [5, 5.41) is 29.5. The second-order valence-electron chi connectivity index (χ2n) is 4.83. The van der Waals surface area contributed by atoms with Crippen molar-refractivity contribution in [1.29, 1.82) is 10.5 Å². The monoisotopic (exact) mass is 354 g/mol. The van der Waals surface area contributed by atoms with E-state index in [1.165, 1.54) is 18.1 Å². The van der Waals surface area contributed by atoms with E-state index in [0.29, 0.717) is 0 Å². The fourth-order valence-electron chi connectivity index (χ4n) is 2.11. The molecule has 8 nitrogen and oxygen atoms in total. The van der Waals surface area contributed by atoms with Crippen molar-refractivity contribution in [1.82, 2.24) is 9.97 Å². The summed E-state index contributed by atoms with van der Waals surface area (Å²) in [6, 6.07) is 13.2. The van der Waals surface area contributed by atoms with Crippen LogP contribution in [0, 0.1) is 32.8 Å². The lowest BCUT2D eigenvalue weighted by Gasteiger charge is -2.21. The Morgan fingerprint density at radius 1 is 1.12 bits per heavy atom. The largest absolute Gasteiger partial charge is 0.349 e. The van der Waals surface area contributed by atoms with Gasteiger partial charge < -0.3 is 4.90 Å². The molecule has 0 N–H and O–H groups in total. The average molecular weight is 354 g/mol. The quantitative estimate of drug-likeness (QED) is 0.403. The van der Waals surface area contributed by atoms with E-state index in [4.69, 9.17) is 10.5 Å². The first-order valence-corrected chi connectivity index (χ1v) is 8.20. The predicted octanol–water partition coefficient (Wildman–Crippen LogP) is 3.17. The molecule has 1 heterocycles. The molecule has 1 aromatic heterocycles. The summed E-state index contributed by atoms with van der Waals surface area (Å²) < 4.78 is 0. The van der Waals surface area contributed by atoms with Gasteiger partial charge in [-0.2, -0.15) is 10.5 Å². The van der Waals surface area contributed by atoms with Crippen LogP contribution in [-0.2, 0) is 0 Å². The van der Waals surface area contributed by atoms with Gasteiger partial charge in [-0.15, -0.1) is 0 Å². The van der Waals surface area contributed by atoms with E-state index in [9.17, 15) is 10.1 Å². The third kappa shape index (κ3) is 4.90. The molecule has 2 rings (SSSR count). The van der Waals surface area contributed by atoms with Crippen LogP contribution in [0.2, 0.25) is 0 Å². The van der Waals surface area contributed by atoms with Gasteiger partial charge in [-0.25, -0.2) is 9.97 Å². The number of rotatable bonds is 8. The summed E-state index contributed by atoms with van der Waals surface area (Å²) in [5.74, 6) is 0.129. The second kappa shape index (κ2) is 9.21. The second-order valence-corrected chi connectivity index (χ2v) is 5.89. The maximum atomic E-state index is 11.6. The van der Waals surface area contributed by atoms with E-state index in [-0.39, 0.29) is 42.5 Å². The SMILES string of the molecule is N#CCCN(CCC#N)c1ncnc(Sc2ccccc2)c1[N+](=O)[O-]. The zero-order chi connectivity index (χ0) is 18.1. The standard InChI is InChI=1S/C16H14N6O2S/c17-8-4-10-21(11-5-9-18)15-14(22(23)24)16(20-12-19-15)25-13-6-2-1-3-7-13/h1-3,6-7,12H,4-5,10-11H2. The topological polar surface area (TPSA) is 120 Å². The molecule has 0 aliphatic heterocycles. The molecule has 0 fully saturated rings. The van der Waals surface area contributed by atoms with Crippen LogP contribution in [0.3, 0.4) is 0 Å². The van der Waals surface area contributed by atoms with Crippen molar-refractivity contribution in [3.63, 3.8) is 0 Å². The van der Waals surface area contributed by atoms with Gasteiger partial charge in [0, 0.05) is 18.0 Å². The van der Waals surface area contributed by atoms with Crippen LogP contribution in [0.1, 0.15) is 12.8 Å². The molecular formula is C16H14N6O2S. The predicted molar refractivity (Wildman–Crippen MR) is 91.9 cm³/mol. The Bertz CT molecular complexity index is 798. The third-order valence-electron chi connectivity index (χ3n) is 3.20. The van der Waals surface area contributed by atoms with E-state index in [1.54, 1.807) is 4.90 Å². The highest BCUT2D eigenvalue weighted by atomic mass is 32.2. The van der Waals surface area contributed by atoms with Gasteiger partial charge in [0.2, 0.25) is 5.82 Å². The number of nitrogens with zero attached hydrogens (tertiary/aromatic N) is 6. The smallest absolute Gasteiger partial charge is 0.343 e. The molecule has 0 unspecified atom stereocenters. The number of hydrogen-bond donors (Lipinski definition) is 0. The highest BCUT2D eigenvalue weighted by Crippen LogP contribution is 2.37. The Balaban J connectivity index is 2.42. The van der Waals surface area contributed by atoms with Gasteiger partial charge in [-0.3, -0.25) is 10.1 Å². The van der Waals surface area contributed by atoms with Gasteiger partial charge in [-0.05, 0) is 12.1 Å². The molecule has 0 saturated heterocycles. The van der Waals surface area contributed by atoms with Crippen LogP contribution in [0.4, 0.5) is 11.5 Å². The number of aromatic nitrogens is 2. The highest BCUT2D eigenvalue weighted by molar-refractivity contribution is 7.99. The molecule has 0 atom stereocenters. The first-order chi connectivity index (χ1) is 12.2. The summed E-state index contributed by atoms with van der Waals surface area (Å²) >= 11 is 1.17. The minimum absolute atomic E-state index is 0.129. The van der Waals surface area contributed by atoms with Crippen LogP contribution in [0.5, 0.6) is 0 Å². The fraction of sp³-hybridized carbons (Fsp3) is 0.250. The zero-order valence-corrected chi connectivity index (χ0v) is 14.0. The maximum absolute atomic E-state index is 11.6. The Kier molecular flexibility index (Phi) is 6.69. The van der Waals surface area contributed by atoms with Crippen LogP contribution in [0.25, 0.3) is 0 Å². The molecule has 126 valence electrons. The number of anilines is 1. The number of hydrogen-bond acceptors (Lipinski definition) is 8. The Labute approximate surface area is 148 Å². The minimum atomic E-state index is -0.521. The van der Waals surface area contributed by atoms with Gasteiger partial charge in [0.15, 0.2) is 5.03 Å². The molecule has 1 aromatic carbocycles. The molecule has 9 heteroatoms. The summed E-state index contributed by atoms with van der Waals surface area (Å²) in [7, 11) is 0. The van der Waals surface area contributed by atoms with E-state index < -0.39 is 4.92 Å². The van der Waals surface area contributed by atoms with Gasteiger partial charge in [0.05, 0.1) is 29.9 Å². The normalized spacial score (nSPS) is 9.84. The molecule has 0 amide bonds. The van der Waals surface area contributed by atoms with Crippen molar-refractivity contribution < 1.29 is 4.92 Å². The Hall–Kier alpha value is -3.17. The van der Waals surface area contributed by atoms with Gasteiger partial charge in [-0.1, -0.05) is 30.0 Å². The molecule has 0 aliphatic carbocycles. The molecule has 0 saturated carbocycles. The Morgan fingerprint density at radius 3 is 2.32 bits per heavy atom. The van der Waals surface area contributed by atoms with Crippen LogP contribution >= 0.6 is 11.8 Å². The number of nitro groups is 1. The van der Waals surface area contributed by atoms with Crippen molar-refractivity contribution in [2.45, 2.75) is 22.8 Å². The third-order valence-corrected chi connectivity index (χ3v) is 4.20. The van der Waals surface area contributed by atoms with Crippen LogP contribution in [0.15, 0.2) is 46.6 Å². The first-order valence-electron chi connectivity index (χ1n) is 7.38. The molecule has 0 bridgehead atoms. The highest BCUT2D eigenvalue weighted by Gasteiger charge is 2.27. The van der Waals surface area contributed by atoms with E-state index >= 15 is 0 Å². The molecular weight excluding hydrogens is 340 g/mol. The molecule has 25 heavy (non-hydrogen) atoms. The lowest BCUT2D eigenvalue weighted by Crippen LogP contribution is -2.27. The van der Waals surface area contributed by atoms with Crippen molar-refractivity contribution in [3.8, 4) is 12.1 Å². The van der Waals surface area contributed by atoms with Crippen molar-refractivity contribution in [2.24, 2.45) is 0 Å².